The largest absolute Gasteiger partial charge is 0.466 e. The Morgan fingerprint density at radius 2 is 1.48 bits per heavy atom. The topological polar surface area (TPSA) is 66.7 Å². The molecule has 150 valence electrons. The quantitative estimate of drug-likeness (QED) is 0.669. The van der Waals surface area contributed by atoms with Gasteiger partial charge in [-0.25, -0.2) is 0 Å². The van der Waals surface area contributed by atoms with Crippen molar-refractivity contribution in [1.82, 2.24) is 14.8 Å². The molecule has 1 fully saturated rings. The number of carbonyl (C=O) groups is 2. The van der Waals surface area contributed by atoms with Gasteiger partial charge in [-0.2, -0.15) is 0 Å². The molecule has 0 spiro atoms. The van der Waals surface area contributed by atoms with Crippen LogP contribution in [0.4, 0.5) is 0 Å². The summed E-state index contributed by atoms with van der Waals surface area (Å²) >= 11 is 0. The molecular weight excluding hydrogens is 366 g/mol. The lowest BCUT2D eigenvalue weighted by Gasteiger charge is -2.35. The minimum atomic E-state index is -0.0367. The monoisotopic (exact) mass is 391 g/mol. The number of fused-ring (bicyclic) bond motifs is 1. The molecule has 0 aliphatic carbocycles. The average Bonchev–Trinajstić information content (AvgIpc) is 3.04. The number of carbonyl (C=O) groups excluding carboxylic acids is 2. The van der Waals surface area contributed by atoms with Crippen molar-refractivity contribution >= 4 is 22.7 Å². The number of amides is 2. The highest BCUT2D eigenvalue weighted by Gasteiger charge is 2.28. The SMILES string of the molecule is Cc1ccc2cc(C(=O)N3CCN(C(=O)c4cc(C)oc4C)CC3)c(C)nc2c1. The van der Waals surface area contributed by atoms with Gasteiger partial charge in [0.25, 0.3) is 11.8 Å². The summed E-state index contributed by atoms with van der Waals surface area (Å²) < 4.78 is 5.48. The average molecular weight is 391 g/mol. The first-order chi connectivity index (χ1) is 13.8. The fraction of sp³-hybridized carbons (Fsp3) is 0.348. The number of pyridine rings is 1. The van der Waals surface area contributed by atoms with Gasteiger partial charge in [0.1, 0.15) is 11.5 Å². The minimum absolute atomic E-state index is 0.0279. The van der Waals surface area contributed by atoms with Crippen molar-refractivity contribution in [3.63, 3.8) is 0 Å². The zero-order chi connectivity index (χ0) is 20.7. The summed E-state index contributed by atoms with van der Waals surface area (Å²) in [5, 5.41) is 0.962. The molecule has 2 aromatic heterocycles. The van der Waals surface area contributed by atoms with Gasteiger partial charge in [-0.05, 0) is 51.5 Å². The molecular formula is C23H25N3O3. The molecule has 3 aromatic rings. The van der Waals surface area contributed by atoms with Crippen molar-refractivity contribution < 1.29 is 14.0 Å². The standard InChI is InChI=1S/C23H25N3O3/c1-14-5-6-18-13-19(16(3)24-21(18)11-14)22(27)25-7-9-26(10-8-25)23(28)20-12-15(2)29-17(20)4/h5-6,11-13H,7-10H2,1-4H3. The third kappa shape index (κ3) is 3.62. The van der Waals surface area contributed by atoms with Crippen LogP contribution in [0.15, 0.2) is 34.7 Å². The molecule has 0 N–H and O–H groups in total. The number of aromatic nitrogens is 1. The Morgan fingerprint density at radius 1 is 0.862 bits per heavy atom. The van der Waals surface area contributed by atoms with Gasteiger partial charge >= 0.3 is 0 Å². The van der Waals surface area contributed by atoms with Crippen LogP contribution in [-0.2, 0) is 0 Å². The second kappa shape index (κ2) is 7.35. The number of nitrogens with zero attached hydrogens (tertiary/aromatic N) is 3. The first-order valence-electron chi connectivity index (χ1n) is 9.87. The lowest BCUT2D eigenvalue weighted by atomic mass is 10.1. The Kier molecular flexibility index (Phi) is 4.86. The summed E-state index contributed by atoms with van der Waals surface area (Å²) in [6.45, 7) is 9.57. The normalized spacial score (nSPS) is 14.5. The number of piperazine rings is 1. The van der Waals surface area contributed by atoms with Gasteiger partial charge in [-0.1, -0.05) is 12.1 Å². The van der Waals surface area contributed by atoms with Crippen LogP contribution in [0.25, 0.3) is 10.9 Å². The predicted molar refractivity (Wildman–Crippen MR) is 111 cm³/mol. The Labute approximate surface area is 170 Å². The van der Waals surface area contributed by atoms with Gasteiger partial charge in [0.05, 0.1) is 22.3 Å². The second-order valence-corrected chi connectivity index (χ2v) is 7.73. The van der Waals surface area contributed by atoms with Crippen molar-refractivity contribution in [3.8, 4) is 0 Å². The third-order valence-corrected chi connectivity index (χ3v) is 5.52. The summed E-state index contributed by atoms with van der Waals surface area (Å²) in [6, 6.07) is 9.76. The van der Waals surface area contributed by atoms with Crippen LogP contribution >= 0.6 is 0 Å². The Hall–Kier alpha value is -3.15. The van der Waals surface area contributed by atoms with E-state index in [0.29, 0.717) is 43.1 Å². The van der Waals surface area contributed by atoms with E-state index < -0.39 is 0 Å². The van der Waals surface area contributed by atoms with Gasteiger partial charge in [0.2, 0.25) is 0 Å². The first-order valence-corrected chi connectivity index (χ1v) is 9.87. The van der Waals surface area contributed by atoms with Crippen molar-refractivity contribution in [2.24, 2.45) is 0 Å². The van der Waals surface area contributed by atoms with Crippen molar-refractivity contribution in [3.05, 3.63) is 64.2 Å². The van der Waals surface area contributed by atoms with Crippen LogP contribution in [-0.4, -0.2) is 52.8 Å². The van der Waals surface area contributed by atoms with Crippen LogP contribution in [0.3, 0.4) is 0 Å². The second-order valence-electron chi connectivity index (χ2n) is 7.73. The molecule has 1 aliphatic rings. The molecule has 1 aliphatic heterocycles. The zero-order valence-corrected chi connectivity index (χ0v) is 17.3. The Morgan fingerprint density at radius 3 is 2.07 bits per heavy atom. The maximum absolute atomic E-state index is 13.1. The van der Waals surface area contributed by atoms with E-state index in [9.17, 15) is 9.59 Å². The fourth-order valence-electron chi connectivity index (χ4n) is 3.89. The zero-order valence-electron chi connectivity index (χ0n) is 17.3. The van der Waals surface area contributed by atoms with E-state index in [1.54, 1.807) is 22.8 Å². The summed E-state index contributed by atoms with van der Waals surface area (Å²) in [4.78, 5) is 34.1. The molecule has 0 bridgehead atoms. The maximum Gasteiger partial charge on any atom is 0.257 e. The molecule has 0 saturated carbocycles. The highest BCUT2D eigenvalue weighted by molar-refractivity contribution is 5.99. The summed E-state index contributed by atoms with van der Waals surface area (Å²) in [5.74, 6) is 1.30. The van der Waals surface area contributed by atoms with Crippen LogP contribution in [0.2, 0.25) is 0 Å². The van der Waals surface area contributed by atoms with Gasteiger partial charge in [-0.3, -0.25) is 14.6 Å². The number of rotatable bonds is 2. The van der Waals surface area contributed by atoms with Crippen LogP contribution in [0, 0.1) is 27.7 Å². The molecule has 2 amide bonds. The molecule has 29 heavy (non-hydrogen) atoms. The number of hydrogen-bond donors (Lipinski definition) is 0. The van der Waals surface area contributed by atoms with Gasteiger partial charge in [0.15, 0.2) is 0 Å². The molecule has 0 unspecified atom stereocenters. The maximum atomic E-state index is 13.1. The number of hydrogen-bond acceptors (Lipinski definition) is 4. The molecule has 0 atom stereocenters. The van der Waals surface area contributed by atoms with Crippen LogP contribution < -0.4 is 0 Å². The van der Waals surface area contributed by atoms with E-state index in [-0.39, 0.29) is 11.8 Å². The number of benzene rings is 1. The highest BCUT2D eigenvalue weighted by Crippen LogP contribution is 2.21. The Balaban J connectivity index is 1.48. The molecule has 3 heterocycles. The Bertz CT molecular complexity index is 1110. The smallest absolute Gasteiger partial charge is 0.257 e. The van der Waals surface area contributed by atoms with Crippen molar-refractivity contribution in [2.45, 2.75) is 27.7 Å². The van der Waals surface area contributed by atoms with E-state index in [0.717, 1.165) is 27.9 Å². The third-order valence-electron chi connectivity index (χ3n) is 5.52. The lowest BCUT2D eigenvalue weighted by molar-refractivity contribution is 0.0534. The fourth-order valence-corrected chi connectivity index (χ4v) is 3.89. The van der Waals surface area contributed by atoms with E-state index >= 15 is 0 Å². The molecule has 1 aromatic carbocycles. The summed E-state index contributed by atoms with van der Waals surface area (Å²) in [6.07, 6.45) is 0. The van der Waals surface area contributed by atoms with E-state index in [2.05, 4.69) is 4.98 Å². The van der Waals surface area contributed by atoms with Gasteiger partial charge in [-0.15, -0.1) is 0 Å². The van der Waals surface area contributed by atoms with E-state index in [1.165, 1.54) is 0 Å². The molecule has 0 radical (unpaired) electrons. The van der Waals surface area contributed by atoms with Gasteiger partial charge < -0.3 is 14.2 Å². The van der Waals surface area contributed by atoms with Crippen LogP contribution in [0.5, 0.6) is 0 Å². The first kappa shape index (κ1) is 19.2. The van der Waals surface area contributed by atoms with Gasteiger partial charge in [0, 0.05) is 31.6 Å². The molecule has 4 rings (SSSR count). The van der Waals surface area contributed by atoms with Crippen molar-refractivity contribution in [2.75, 3.05) is 26.2 Å². The highest BCUT2D eigenvalue weighted by atomic mass is 16.3. The predicted octanol–water partition coefficient (Wildman–Crippen LogP) is 3.66. The van der Waals surface area contributed by atoms with Crippen LogP contribution in [0.1, 0.15) is 43.5 Å². The number of aryl methyl sites for hydroxylation is 4. The van der Waals surface area contributed by atoms with Crippen molar-refractivity contribution in [1.29, 1.82) is 0 Å². The van der Waals surface area contributed by atoms with E-state index in [1.807, 2.05) is 45.0 Å². The summed E-state index contributed by atoms with van der Waals surface area (Å²) in [5.41, 5.74) is 4.01. The molecule has 6 heteroatoms. The summed E-state index contributed by atoms with van der Waals surface area (Å²) in [7, 11) is 0. The number of furan rings is 1. The van der Waals surface area contributed by atoms with E-state index in [4.69, 9.17) is 4.42 Å². The molecule has 6 nitrogen and oxygen atoms in total. The lowest BCUT2D eigenvalue weighted by Crippen LogP contribution is -2.50. The minimum Gasteiger partial charge on any atom is -0.466 e. The molecule has 1 saturated heterocycles.